The van der Waals surface area contributed by atoms with E-state index in [0.29, 0.717) is 11.8 Å². The van der Waals surface area contributed by atoms with E-state index in [1.54, 1.807) is 0 Å². The molecule has 0 aromatic heterocycles. The lowest BCUT2D eigenvalue weighted by Crippen LogP contribution is -2.51. The smallest absolute Gasteiger partial charge is 0.257 e. The zero-order valence-electron chi connectivity index (χ0n) is 19.0. The number of carbonyl (C=O) groups is 1. The second kappa shape index (κ2) is 9.36. The predicted molar refractivity (Wildman–Crippen MR) is 127 cm³/mol. The van der Waals surface area contributed by atoms with Crippen molar-refractivity contribution in [3.8, 4) is 0 Å². The molecule has 0 bridgehead atoms. The van der Waals surface area contributed by atoms with Gasteiger partial charge in [-0.05, 0) is 35.8 Å². The van der Waals surface area contributed by atoms with Crippen molar-refractivity contribution in [1.29, 1.82) is 0 Å². The molecule has 2 N–H and O–H groups in total. The third kappa shape index (κ3) is 4.35. The summed E-state index contributed by atoms with van der Waals surface area (Å²) in [6, 6.07) is 20.5. The molecule has 2 aromatic rings. The maximum Gasteiger partial charge on any atom is 0.257 e. The molecule has 170 valence electrons. The summed E-state index contributed by atoms with van der Waals surface area (Å²) in [5.74, 6) is 0.835. The van der Waals surface area contributed by atoms with Gasteiger partial charge < -0.3 is 10.4 Å². The Morgan fingerprint density at radius 3 is 2.06 bits per heavy atom. The third-order valence-corrected chi connectivity index (χ3v) is 8.07. The van der Waals surface area contributed by atoms with Crippen LogP contribution in [0.15, 0.2) is 60.7 Å². The van der Waals surface area contributed by atoms with Crippen molar-refractivity contribution in [3.05, 3.63) is 71.8 Å². The molecule has 3 atom stereocenters. The minimum absolute atomic E-state index is 0.0154. The van der Waals surface area contributed by atoms with Gasteiger partial charge in [0.15, 0.2) is 5.60 Å². The van der Waals surface area contributed by atoms with E-state index in [4.69, 9.17) is 0 Å². The van der Waals surface area contributed by atoms with Crippen LogP contribution in [0.25, 0.3) is 0 Å². The first-order valence-electron chi connectivity index (χ1n) is 12.5. The van der Waals surface area contributed by atoms with E-state index in [-0.39, 0.29) is 17.9 Å². The number of benzene rings is 2. The summed E-state index contributed by atoms with van der Waals surface area (Å²) in [6.07, 6.45) is 7.70. The van der Waals surface area contributed by atoms with Crippen LogP contribution in [-0.2, 0) is 16.9 Å². The first-order chi connectivity index (χ1) is 15.7. The van der Waals surface area contributed by atoms with Crippen molar-refractivity contribution in [2.45, 2.75) is 63.1 Å². The molecular formula is C28H36N2O2. The normalized spacial score (nSPS) is 28.2. The average Bonchev–Trinajstić information content (AvgIpc) is 3.23. The highest BCUT2D eigenvalue weighted by Crippen LogP contribution is 2.47. The van der Waals surface area contributed by atoms with Gasteiger partial charge in [0.25, 0.3) is 5.91 Å². The molecule has 0 spiro atoms. The molecule has 2 aliphatic carbocycles. The fraction of sp³-hybridized carbons (Fsp3) is 0.536. The van der Waals surface area contributed by atoms with E-state index >= 15 is 0 Å². The lowest BCUT2D eigenvalue weighted by Gasteiger charge is -2.37. The number of nitrogens with one attached hydrogen (secondary N) is 1. The minimum atomic E-state index is -1.43. The number of likely N-dealkylation sites (tertiary alicyclic amines) is 1. The first kappa shape index (κ1) is 21.7. The summed E-state index contributed by atoms with van der Waals surface area (Å²) in [5.41, 5.74) is 0.663. The van der Waals surface area contributed by atoms with E-state index in [1.807, 2.05) is 30.3 Å². The topological polar surface area (TPSA) is 52.6 Å². The molecule has 0 radical (unpaired) electrons. The van der Waals surface area contributed by atoms with Gasteiger partial charge in [-0.15, -0.1) is 0 Å². The van der Waals surface area contributed by atoms with Gasteiger partial charge in [0.05, 0.1) is 0 Å². The molecule has 1 heterocycles. The van der Waals surface area contributed by atoms with Crippen molar-refractivity contribution in [1.82, 2.24) is 10.2 Å². The zero-order chi connectivity index (χ0) is 22.0. The van der Waals surface area contributed by atoms with Gasteiger partial charge in [-0.2, -0.15) is 0 Å². The number of hydrogen-bond donors (Lipinski definition) is 2. The number of hydrogen-bond acceptors (Lipinski definition) is 3. The van der Waals surface area contributed by atoms with Crippen LogP contribution in [0.4, 0.5) is 0 Å². The molecule has 1 amide bonds. The molecular weight excluding hydrogens is 396 g/mol. The summed E-state index contributed by atoms with van der Waals surface area (Å²) < 4.78 is 0. The molecule has 4 nitrogen and oxygen atoms in total. The molecule has 2 aromatic carbocycles. The van der Waals surface area contributed by atoms with Gasteiger partial charge in [0, 0.05) is 31.6 Å². The lowest BCUT2D eigenvalue weighted by atomic mass is 9.74. The van der Waals surface area contributed by atoms with Gasteiger partial charge in [0.2, 0.25) is 0 Å². The molecule has 3 unspecified atom stereocenters. The Kier molecular flexibility index (Phi) is 6.34. The van der Waals surface area contributed by atoms with Crippen LogP contribution < -0.4 is 5.32 Å². The van der Waals surface area contributed by atoms with E-state index in [2.05, 4.69) is 40.5 Å². The fourth-order valence-corrected chi connectivity index (χ4v) is 6.18. The van der Waals surface area contributed by atoms with Crippen molar-refractivity contribution in [3.63, 3.8) is 0 Å². The number of rotatable bonds is 6. The summed E-state index contributed by atoms with van der Waals surface area (Å²) in [4.78, 5) is 16.1. The van der Waals surface area contributed by atoms with Crippen LogP contribution in [0, 0.1) is 17.8 Å². The molecule has 1 aliphatic heterocycles. The van der Waals surface area contributed by atoms with Crippen molar-refractivity contribution in [2.24, 2.45) is 17.8 Å². The lowest BCUT2D eigenvalue weighted by molar-refractivity contribution is -0.149. The van der Waals surface area contributed by atoms with Crippen molar-refractivity contribution in [2.75, 3.05) is 13.1 Å². The summed E-state index contributed by atoms with van der Waals surface area (Å²) >= 11 is 0. The molecule has 4 heteroatoms. The van der Waals surface area contributed by atoms with Crippen LogP contribution in [0.1, 0.15) is 56.1 Å². The molecule has 3 aliphatic rings. The summed E-state index contributed by atoms with van der Waals surface area (Å²) in [6.45, 7) is 3.03. The quantitative estimate of drug-likeness (QED) is 0.708. The molecule has 1 saturated heterocycles. The van der Waals surface area contributed by atoms with Gasteiger partial charge in [-0.25, -0.2) is 0 Å². The average molecular weight is 433 g/mol. The van der Waals surface area contributed by atoms with E-state index in [9.17, 15) is 9.90 Å². The SMILES string of the molecule is O=C(NC1C2CN(Cc3ccccc3)CC21)C(O)(c1ccccc1)C1CCCCCCC1. The Morgan fingerprint density at radius 2 is 1.44 bits per heavy atom. The standard InChI is InChI=1S/C28H36N2O2/c31-27(29-26-24-19-30(20-25(24)26)18-21-12-6-4-7-13-21)28(32,23-16-10-5-11-17-23)22-14-8-2-1-3-9-15-22/h4-7,10-13,16-17,22,24-26,32H,1-3,8-9,14-15,18-20H2,(H,29,31). The number of carbonyl (C=O) groups excluding carboxylic acids is 1. The monoisotopic (exact) mass is 432 g/mol. The maximum absolute atomic E-state index is 13.6. The Morgan fingerprint density at radius 1 is 0.875 bits per heavy atom. The molecule has 5 rings (SSSR count). The van der Waals surface area contributed by atoms with E-state index in [1.165, 1.54) is 24.8 Å². The van der Waals surface area contributed by atoms with Crippen LogP contribution in [0.3, 0.4) is 0 Å². The van der Waals surface area contributed by atoms with Gasteiger partial charge in [-0.1, -0.05) is 92.8 Å². The second-order valence-corrected chi connectivity index (χ2v) is 10.2. The second-order valence-electron chi connectivity index (χ2n) is 10.2. The molecule has 2 saturated carbocycles. The van der Waals surface area contributed by atoms with Crippen molar-refractivity contribution < 1.29 is 9.90 Å². The number of nitrogens with zero attached hydrogens (tertiary/aromatic N) is 1. The first-order valence-corrected chi connectivity index (χ1v) is 12.5. The van der Waals surface area contributed by atoms with Gasteiger partial charge >= 0.3 is 0 Å². The maximum atomic E-state index is 13.6. The number of amides is 1. The van der Waals surface area contributed by atoms with Crippen LogP contribution in [0.5, 0.6) is 0 Å². The Hall–Kier alpha value is -2.17. The molecule has 32 heavy (non-hydrogen) atoms. The number of piperidine rings is 1. The Labute approximate surface area is 192 Å². The van der Waals surface area contributed by atoms with Crippen LogP contribution in [0.2, 0.25) is 0 Å². The number of aliphatic hydroxyl groups is 1. The predicted octanol–water partition coefficient (Wildman–Crippen LogP) is 4.48. The van der Waals surface area contributed by atoms with Gasteiger partial charge in [0.1, 0.15) is 0 Å². The summed E-state index contributed by atoms with van der Waals surface area (Å²) in [5, 5.41) is 15.3. The van der Waals surface area contributed by atoms with Gasteiger partial charge in [-0.3, -0.25) is 9.69 Å². The number of fused-ring (bicyclic) bond motifs is 1. The minimum Gasteiger partial charge on any atom is -0.375 e. The molecule has 3 fully saturated rings. The Balaban J connectivity index is 1.25. The fourth-order valence-electron chi connectivity index (χ4n) is 6.18. The van der Waals surface area contributed by atoms with Crippen LogP contribution >= 0.6 is 0 Å². The van der Waals surface area contributed by atoms with Crippen molar-refractivity contribution >= 4 is 5.91 Å². The van der Waals surface area contributed by atoms with E-state index < -0.39 is 5.60 Å². The highest BCUT2D eigenvalue weighted by molar-refractivity contribution is 5.87. The highest BCUT2D eigenvalue weighted by atomic mass is 16.3. The van der Waals surface area contributed by atoms with Crippen LogP contribution in [-0.4, -0.2) is 35.0 Å². The summed E-state index contributed by atoms with van der Waals surface area (Å²) in [7, 11) is 0. The van der Waals surface area contributed by atoms with E-state index in [0.717, 1.165) is 50.9 Å². The Bertz CT molecular complexity index is 882. The largest absolute Gasteiger partial charge is 0.375 e. The third-order valence-electron chi connectivity index (χ3n) is 8.07. The zero-order valence-corrected chi connectivity index (χ0v) is 19.0. The highest BCUT2D eigenvalue weighted by Gasteiger charge is 2.58.